The van der Waals surface area contributed by atoms with Crippen molar-refractivity contribution >= 4 is 5.69 Å². The first-order chi connectivity index (χ1) is 9.70. The third-order valence-electron chi connectivity index (χ3n) is 3.52. The summed E-state index contributed by atoms with van der Waals surface area (Å²) in [5, 5.41) is 0. The van der Waals surface area contributed by atoms with Crippen molar-refractivity contribution in [3.63, 3.8) is 0 Å². The van der Waals surface area contributed by atoms with Crippen LogP contribution in [0, 0.1) is 0 Å². The van der Waals surface area contributed by atoms with Crippen LogP contribution in [0.25, 0.3) is 0 Å². The Morgan fingerprint density at radius 3 is 2.55 bits per heavy atom. The Kier molecular flexibility index (Phi) is 5.07. The SMILES string of the molecule is CC[C@@H](N)c1ccc(N(C)CCc2ccncc2)cn1. The fourth-order valence-electron chi connectivity index (χ4n) is 2.03. The number of nitrogens with two attached hydrogens (primary N) is 1. The molecule has 0 fully saturated rings. The van der Waals surface area contributed by atoms with E-state index in [1.54, 1.807) is 0 Å². The topological polar surface area (TPSA) is 55.0 Å². The lowest BCUT2D eigenvalue weighted by Gasteiger charge is -2.19. The van der Waals surface area contributed by atoms with Gasteiger partial charge < -0.3 is 10.6 Å². The predicted octanol–water partition coefficient (Wildman–Crippen LogP) is 2.57. The van der Waals surface area contributed by atoms with E-state index in [0.29, 0.717) is 0 Å². The highest BCUT2D eigenvalue weighted by atomic mass is 15.1. The second-order valence-corrected chi connectivity index (χ2v) is 4.98. The van der Waals surface area contributed by atoms with Gasteiger partial charge in [0.05, 0.1) is 17.6 Å². The summed E-state index contributed by atoms with van der Waals surface area (Å²) in [6.45, 7) is 3.02. The molecular formula is C16H22N4. The Morgan fingerprint density at radius 1 is 1.20 bits per heavy atom. The fraction of sp³-hybridized carbons (Fsp3) is 0.375. The number of aromatic nitrogens is 2. The molecular weight excluding hydrogens is 248 g/mol. The lowest BCUT2D eigenvalue weighted by molar-refractivity contribution is 0.675. The van der Waals surface area contributed by atoms with Gasteiger partial charge in [0.2, 0.25) is 0 Å². The highest BCUT2D eigenvalue weighted by Gasteiger charge is 2.06. The van der Waals surface area contributed by atoms with Crippen LogP contribution in [0.1, 0.15) is 30.6 Å². The number of nitrogens with zero attached hydrogens (tertiary/aromatic N) is 3. The van der Waals surface area contributed by atoms with E-state index in [1.807, 2.05) is 24.7 Å². The molecule has 2 heterocycles. The fourth-order valence-corrected chi connectivity index (χ4v) is 2.03. The van der Waals surface area contributed by atoms with Crippen molar-refractivity contribution in [1.29, 1.82) is 0 Å². The smallest absolute Gasteiger partial charge is 0.0572 e. The molecule has 2 aromatic rings. The number of anilines is 1. The molecule has 0 bridgehead atoms. The summed E-state index contributed by atoms with van der Waals surface area (Å²) in [7, 11) is 2.08. The molecule has 106 valence electrons. The molecule has 0 aromatic carbocycles. The maximum atomic E-state index is 5.97. The number of likely N-dealkylation sites (N-methyl/N-ethyl adjacent to an activating group) is 1. The van der Waals surface area contributed by atoms with Crippen LogP contribution in [0.3, 0.4) is 0 Å². The minimum Gasteiger partial charge on any atom is -0.373 e. The summed E-state index contributed by atoms with van der Waals surface area (Å²) in [4.78, 5) is 10.7. The molecule has 2 aromatic heterocycles. The minimum atomic E-state index is 0.0335. The first-order valence-corrected chi connectivity index (χ1v) is 7.02. The zero-order valence-corrected chi connectivity index (χ0v) is 12.2. The Hall–Kier alpha value is -1.94. The summed E-state index contributed by atoms with van der Waals surface area (Å²) in [6, 6.07) is 8.24. The van der Waals surface area contributed by atoms with E-state index >= 15 is 0 Å². The standard InChI is InChI=1S/C16H22N4/c1-3-15(17)16-5-4-14(12-19-16)20(2)11-8-13-6-9-18-10-7-13/h4-7,9-10,12,15H,3,8,11,17H2,1-2H3/t15-/m1/s1. The van der Waals surface area contributed by atoms with Gasteiger partial charge in [0, 0.05) is 32.0 Å². The van der Waals surface area contributed by atoms with Gasteiger partial charge in [0.25, 0.3) is 0 Å². The van der Waals surface area contributed by atoms with Gasteiger partial charge in [-0.05, 0) is 42.7 Å². The average Bonchev–Trinajstić information content (AvgIpc) is 2.53. The van der Waals surface area contributed by atoms with Gasteiger partial charge in [-0.1, -0.05) is 6.92 Å². The molecule has 1 atom stereocenters. The molecule has 2 rings (SSSR count). The summed E-state index contributed by atoms with van der Waals surface area (Å²) in [5.74, 6) is 0. The Bertz CT molecular complexity index is 510. The lowest BCUT2D eigenvalue weighted by atomic mass is 10.1. The second kappa shape index (κ2) is 7.01. The minimum absolute atomic E-state index is 0.0335. The molecule has 4 heteroatoms. The molecule has 0 aliphatic rings. The number of hydrogen-bond donors (Lipinski definition) is 1. The zero-order chi connectivity index (χ0) is 14.4. The highest BCUT2D eigenvalue weighted by Crippen LogP contribution is 2.16. The molecule has 0 radical (unpaired) electrons. The molecule has 0 aliphatic heterocycles. The van der Waals surface area contributed by atoms with E-state index in [1.165, 1.54) is 5.56 Å². The maximum Gasteiger partial charge on any atom is 0.0572 e. The third kappa shape index (κ3) is 3.78. The molecule has 2 N–H and O–H groups in total. The van der Waals surface area contributed by atoms with Gasteiger partial charge in [0.1, 0.15) is 0 Å². The van der Waals surface area contributed by atoms with E-state index in [-0.39, 0.29) is 6.04 Å². The van der Waals surface area contributed by atoms with Crippen LogP contribution in [-0.2, 0) is 6.42 Å². The highest BCUT2D eigenvalue weighted by molar-refractivity contribution is 5.44. The summed E-state index contributed by atoms with van der Waals surface area (Å²) in [6.07, 6.45) is 7.46. The van der Waals surface area contributed by atoms with Crippen molar-refractivity contribution in [2.75, 3.05) is 18.5 Å². The van der Waals surface area contributed by atoms with Crippen molar-refractivity contribution in [3.05, 3.63) is 54.1 Å². The van der Waals surface area contributed by atoms with E-state index in [9.17, 15) is 0 Å². The Labute approximate surface area is 120 Å². The largest absolute Gasteiger partial charge is 0.373 e. The van der Waals surface area contributed by atoms with Crippen molar-refractivity contribution in [2.24, 2.45) is 5.73 Å². The van der Waals surface area contributed by atoms with Crippen molar-refractivity contribution in [3.8, 4) is 0 Å². The first-order valence-electron chi connectivity index (χ1n) is 7.02. The summed E-state index contributed by atoms with van der Waals surface area (Å²) >= 11 is 0. The van der Waals surface area contributed by atoms with Crippen LogP contribution in [0.5, 0.6) is 0 Å². The van der Waals surface area contributed by atoms with Gasteiger partial charge in [-0.3, -0.25) is 9.97 Å². The monoisotopic (exact) mass is 270 g/mol. The van der Waals surface area contributed by atoms with Crippen LogP contribution in [0.2, 0.25) is 0 Å². The van der Waals surface area contributed by atoms with E-state index in [2.05, 4.69) is 47.0 Å². The van der Waals surface area contributed by atoms with Gasteiger partial charge in [-0.2, -0.15) is 0 Å². The van der Waals surface area contributed by atoms with Gasteiger partial charge >= 0.3 is 0 Å². The molecule has 4 nitrogen and oxygen atoms in total. The van der Waals surface area contributed by atoms with Crippen LogP contribution >= 0.6 is 0 Å². The molecule has 0 aliphatic carbocycles. The molecule has 0 unspecified atom stereocenters. The number of hydrogen-bond acceptors (Lipinski definition) is 4. The predicted molar refractivity (Wildman–Crippen MR) is 82.7 cm³/mol. The lowest BCUT2D eigenvalue weighted by Crippen LogP contribution is -2.21. The van der Waals surface area contributed by atoms with Crippen molar-refractivity contribution < 1.29 is 0 Å². The second-order valence-electron chi connectivity index (χ2n) is 4.98. The van der Waals surface area contributed by atoms with Crippen molar-refractivity contribution in [2.45, 2.75) is 25.8 Å². The van der Waals surface area contributed by atoms with Gasteiger partial charge in [0.15, 0.2) is 0 Å². The number of pyridine rings is 2. The quantitative estimate of drug-likeness (QED) is 0.876. The molecule has 0 saturated heterocycles. The van der Waals surface area contributed by atoms with Crippen LogP contribution in [0.4, 0.5) is 5.69 Å². The van der Waals surface area contributed by atoms with Gasteiger partial charge in [-0.15, -0.1) is 0 Å². The normalized spacial score (nSPS) is 12.2. The molecule has 0 amide bonds. The molecule has 0 spiro atoms. The third-order valence-corrected chi connectivity index (χ3v) is 3.52. The van der Waals surface area contributed by atoms with Crippen molar-refractivity contribution in [1.82, 2.24) is 9.97 Å². The van der Waals surface area contributed by atoms with Crippen LogP contribution < -0.4 is 10.6 Å². The molecule has 20 heavy (non-hydrogen) atoms. The van der Waals surface area contributed by atoms with E-state index in [4.69, 9.17) is 5.73 Å². The Balaban J connectivity index is 1.94. The van der Waals surface area contributed by atoms with E-state index in [0.717, 1.165) is 30.8 Å². The maximum absolute atomic E-state index is 5.97. The van der Waals surface area contributed by atoms with E-state index < -0.39 is 0 Å². The van der Waals surface area contributed by atoms with Crippen LogP contribution in [0.15, 0.2) is 42.9 Å². The van der Waals surface area contributed by atoms with Crippen LogP contribution in [-0.4, -0.2) is 23.6 Å². The first kappa shape index (κ1) is 14.5. The summed E-state index contributed by atoms with van der Waals surface area (Å²) < 4.78 is 0. The summed E-state index contributed by atoms with van der Waals surface area (Å²) in [5.41, 5.74) is 9.34. The average molecular weight is 270 g/mol. The zero-order valence-electron chi connectivity index (χ0n) is 12.2. The Morgan fingerprint density at radius 2 is 1.95 bits per heavy atom. The number of rotatable bonds is 6. The molecule has 0 saturated carbocycles. The van der Waals surface area contributed by atoms with Gasteiger partial charge in [-0.25, -0.2) is 0 Å².